The molecule has 2 N–H and O–H groups in total. The van der Waals surface area contributed by atoms with Gasteiger partial charge in [-0.3, -0.25) is 10.2 Å². The van der Waals surface area contributed by atoms with Crippen LogP contribution in [-0.2, 0) is 42.3 Å². The molecule has 82 valence electrons. The molecular formula is C4H2FeN4S6. The first-order valence-corrected chi connectivity index (χ1v) is 6.29. The van der Waals surface area contributed by atoms with E-state index < -0.39 is 0 Å². The largest absolute Gasteiger partial charge is 2.00 e. The molecule has 0 amide bonds. The molecule has 0 saturated heterocycles. The Kier molecular flexibility index (Phi) is 8.01. The maximum atomic E-state index is 4.67. The van der Waals surface area contributed by atoms with Gasteiger partial charge in [-0.05, 0) is 8.68 Å². The van der Waals surface area contributed by atoms with E-state index in [1.54, 1.807) is 0 Å². The van der Waals surface area contributed by atoms with Gasteiger partial charge in [-0.1, -0.05) is 24.4 Å². The van der Waals surface area contributed by atoms with Crippen molar-refractivity contribution in [2.75, 3.05) is 0 Å². The zero-order chi connectivity index (χ0) is 10.6. The Morgan fingerprint density at radius 1 is 0.933 bits per heavy atom. The van der Waals surface area contributed by atoms with Crippen molar-refractivity contribution in [2.24, 2.45) is 0 Å². The molecule has 0 unspecified atom stereocenters. The fourth-order valence-electron chi connectivity index (χ4n) is 0.432. The molecular weight excluding hydrogens is 352 g/mol. The van der Waals surface area contributed by atoms with Crippen LogP contribution < -0.4 is 0 Å². The number of aromatic amines is 2. The van der Waals surface area contributed by atoms with Crippen LogP contribution in [0.25, 0.3) is 0 Å². The van der Waals surface area contributed by atoms with E-state index >= 15 is 0 Å². The van der Waals surface area contributed by atoms with Crippen molar-refractivity contribution >= 4 is 72.4 Å². The maximum Gasteiger partial charge on any atom is 2.00 e. The van der Waals surface area contributed by atoms with Crippen LogP contribution in [0.2, 0.25) is 0 Å². The summed E-state index contributed by atoms with van der Waals surface area (Å²) in [6.07, 6.45) is 0. The number of nitrogens with one attached hydrogen (secondary N) is 2. The molecule has 2 aromatic rings. The van der Waals surface area contributed by atoms with Gasteiger partial charge in [0.15, 0.2) is 0 Å². The molecule has 2 aromatic heterocycles. The third kappa shape index (κ3) is 6.64. The van der Waals surface area contributed by atoms with E-state index in [1.165, 1.54) is 22.7 Å². The van der Waals surface area contributed by atoms with Crippen LogP contribution >= 0.6 is 47.1 Å². The van der Waals surface area contributed by atoms with Crippen molar-refractivity contribution in [2.45, 2.75) is 8.68 Å². The molecule has 2 rings (SSSR count). The normalized spacial score (nSPS) is 8.53. The second kappa shape index (κ2) is 7.74. The van der Waals surface area contributed by atoms with Gasteiger partial charge in [0, 0.05) is 0 Å². The molecule has 4 nitrogen and oxygen atoms in total. The van der Waals surface area contributed by atoms with Crippen LogP contribution in [0, 0.1) is 7.91 Å². The summed E-state index contributed by atoms with van der Waals surface area (Å²) in [5.41, 5.74) is 0. The third-order valence-electron chi connectivity index (χ3n) is 0.837. The van der Waals surface area contributed by atoms with E-state index in [0.29, 0.717) is 16.6 Å². The van der Waals surface area contributed by atoms with Gasteiger partial charge in [-0.25, -0.2) is 0 Å². The molecule has 0 radical (unpaired) electrons. The van der Waals surface area contributed by atoms with E-state index in [0.717, 1.165) is 0 Å². The van der Waals surface area contributed by atoms with Crippen LogP contribution in [0.4, 0.5) is 0 Å². The molecule has 11 heteroatoms. The fraction of sp³-hybridized carbons (Fsp3) is 0. The minimum absolute atomic E-state index is 0. The van der Waals surface area contributed by atoms with Gasteiger partial charge in [0.2, 0.25) is 0 Å². The summed E-state index contributed by atoms with van der Waals surface area (Å²) >= 11 is 21.2. The third-order valence-corrected chi connectivity index (χ3v) is 3.29. The van der Waals surface area contributed by atoms with Crippen molar-refractivity contribution in [3.8, 4) is 0 Å². The first-order valence-electron chi connectivity index (χ1n) is 3.03. The Morgan fingerprint density at radius 3 is 1.33 bits per heavy atom. The SMILES string of the molecule is S=c1[nH]nc([S-])s1.S=c1[nH]nc([S-])s1.[Fe+2]. The van der Waals surface area contributed by atoms with Gasteiger partial charge in [-0.15, -0.1) is 0 Å². The average molecular weight is 354 g/mol. The standard InChI is InChI=1S/2C2H2N2S3.Fe/c2*5-1-3-4-2(6)7-1;/h2*(H,3,5)(H,4,6);/q;;+2/p-2. The van der Waals surface area contributed by atoms with Crippen LogP contribution in [0.1, 0.15) is 0 Å². The van der Waals surface area contributed by atoms with E-state index in [2.05, 4.69) is 70.1 Å². The summed E-state index contributed by atoms with van der Waals surface area (Å²) in [4.78, 5) is 0. The maximum absolute atomic E-state index is 4.67. The van der Waals surface area contributed by atoms with E-state index in [1.807, 2.05) is 0 Å². The smallest absolute Gasteiger partial charge is 0.406 e. The van der Waals surface area contributed by atoms with Gasteiger partial charge in [-0.2, -0.15) is 10.2 Å². The van der Waals surface area contributed by atoms with Crippen molar-refractivity contribution in [1.29, 1.82) is 0 Å². The van der Waals surface area contributed by atoms with Crippen LogP contribution in [0.3, 0.4) is 0 Å². The molecule has 0 saturated carbocycles. The number of hydrogen-bond acceptors (Lipinski definition) is 8. The van der Waals surface area contributed by atoms with Crippen molar-refractivity contribution < 1.29 is 17.1 Å². The first kappa shape index (κ1) is 15.5. The number of nitrogens with zero attached hydrogens (tertiary/aromatic N) is 2. The fourth-order valence-corrected chi connectivity index (χ4v) is 2.59. The molecule has 2 heterocycles. The minimum atomic E-state index is 0. The predicted octanol–water partition coefficient (Wildman–Crippen LogP) is 2.21. The van der Waals surface area contributed by atoms with Gasteiger partial charge in [0.1, 0.15) is 0 Å². The molecule has 0 fully saturated rings. The van der Waals surface area contributed by atoms with Gasteiger partial charge in [0.25, 0.3) is 0 Å². The van der Waals surface area contributed by atoms with Gasteiger partial charge < -0.3 is 47.9 Å². The second-order valence-corrected chi connectivity index (χ2v) is 6.38. The molecule has 15 heavy (non-hydrogen) atoms. The Bertz CT molecular complexity index is 449. The first-order chi connectivity index (χ1) is 6.58. The van der Waals surface area contributed by atoms with Crippen molar-refractivity contribution in [3.63, 3.8) is 0 Å². The molecule has 0 bridgehead atoms. The van der Waals surface area contributed by atoms with E-state index in [9.17, 15) is 0 Å². The average Bonchev–Trinajstić information content (AvgIpc) is 2.63. The Hall–Kier alpha value is 0.519. The molecule has 0 aliphatic heterocycles. The minimum Gasteiger partial charge on any atom is -0.406 e. The molecule has 0 spiro atoms. The number of rotatable bonds is 0. The van der Waals surface area contributed by atoms with E-state index in [-0.39, 0.29) is 17.1 Å². The summed E-state index contributed by atoms with van der Waals surface area (Å²) in [6.45, 7) is 0. The van der Waals surface area contributed by atoms with Crippen LogP contribution in [-0.4, -0.2) is 20.4 Å². The number of H-pyrrole nitrogens is 2. The predicted molar refractivity (Wildman–Crippen MR) is 65.9 cm³/mol. The van der Waals surface area contributed by atoms with Crippen LogP contribution in [0.15, 0.2) is 8.68 Å². The van der Waals surface area contributed by atoms with Crippen molar-refractivity contribution in [1.82, 2.24) is 20.4 Å². The van der Waals surface area contributed by atoms with Gasteiger partial charge in [0.05, 0.1) is 7.91 Å². The summed E-state index contributed by atoms with van der Waals surface area (Å²) in [5, 5.41) is 12.3. The molecule has 0 aromatic carbocycles. The molecule has 0 aliphatic rings. The Morgan fingerprint density at radius 2 is 1.27 bits per heavy atom. The van der Waals surface area contributed by atoms with E-state index in [4.69, 9.17) is 0 Å². The van der Waals surface area contributed by atoms with Crippen LogP contribution in [0.5, 0.6) is 0 Å². The summed E-state index contributed by atoms with van der Waals surface area (Å²) in [5.74, 6) is 0. The second-order valence-electron chi connectivity index (χ2n) is 1.76. The number of hydrogen-bond donors (Lipinski definition) is 2. The Labute approximate surface area is 125 Å². The summed E-state index contributed by atoms with van der Waals surface area (Å²) < 4.78 is 2.44. The zero-order valence-corrected chi connectivity index (χ0v) is 12.7. The van der Waals surface area contributed by atoms with Crippen molar-refractivity contribution in [3.05, 3.63) is 7.91 Å². The topological polar surface area (TPSA) is 57.4 Å². The zero-order valence-electron chi connectivity index (χ0n) is 6.70. The molecule has 0 aliphatic carbocycles. The monoisotopic (exact) mass is 354 g/mol. The summed E-state index contributed by atoms with van der Waals surface area (Å²) in [6, 6.07) is 0. The number of aromatic nitrogens is 4. The van der Waals surface area contributed by atoms with Gasteiger partial charge >= 0.3 is 17.1 Å². The quantitative estimate of drug-likeness (QED) is 0.430. The Balaban J connectivity index is 0.000000245. The summed E-state index contributed by atoms with van der Waals surface area (Å²) in [7, 11) is 0. The molecule has 0 atom stereocenters.